The van der Waals surface area contributed by atoms with Crippen molar-refractivity contribution in [2.45, 2.75) is 36.8 Å². The van der Waals surface area contributed by atoms with Gasteiger partial charge in [0.05, 0.1) is 0 Å². The van der Waals surface area contributed by atoms with E-state index in [-0.39, 0.29) is 0 Å². The highest BCUT2D eigenvalue weighted by Gasteiger charge is 2.27. The Morgan fingerprint density at radius 3 is 2.75 bits per heavy atom. The summed E-state index contributed by atoms with van der Waals surface area (Å²) in [6.45, 7) is 4.57. The molecule has 20 heavy (non-hydrogen) atoms. The first-order chi connectivity index (χ1) is 9.54. The van der Waals surface area contributed by atoms with Crippen molar-refractivity contribution in [3.05, 3.63) is 17.0 Å². The molecule has 1 fully saturated rings. The molecule has 1 aliphatic carbocycles. The molecule has 1 aromatic heterocycles. The molecule has 0 spiro atoms. The number of hydrogen-bond acceptors (Lipinski definition) is 4. The second-order valence-electron chi connectivity index (χ2n) is 5.41. The molecule has 0 bridgehead atoms. The third kappa shape index (κ3) is 3.81. The Morgan fingerprint density at radius 2 is 2.15 bits per heavy atom. The molecule has 0 unspecified atom stereocenters. The van der Waals surface area contributed by atoms with E-state index in [4.69, 9.17) is 0 Å². The molecular weight excluding hydrogens is 292 g/mol. The summed E-state index contributed by atoms with van der Waals surface area (Å²) in [6, 6.07) is 3.69. The first-order valence-corrected chi connectivity index (χ1v) is 9.55. The minimum Gasteiger partial charge on any atom is -0.317 e. The van der Waals surface area contributed by atoms with E-state index in [0.717, 1.165) is 37.2 Å². The first kappa shape index (κ1) is 15.9. The Balaban J connectivity index is 1.97. The predicted molar refractivity (Wildman–Crippen MR) is 83.7 cm³/mol. The lowest BCUT2D eigenvalue weighted by Crippen LogP contribution is -2.33. The van der Waals surface area contributed by atoms with Crippen molar-refractivity contribution >= 4 is 21.4 Å². The Kier molecular flexibility index (Phi) is 5.60. The highest BCUT2D eigenvalue weighted by atomic mass is 32.2. The lowest BCUT2D eigenvalue weighted by molar-refractivity contribution is 0.263. The van der Waals surface area contributed by atoms with Crippen LogP contribution >= 0.6 is 11.3 Å². The molecule has 114 valence electrons. The quantitative estimate of drug-likeness (QED) is 0.749. The molecule has 0 saturated heterocycles. The molecule has 1 heterocycles. The van der Waals surface area contributed by atoms with E-state index in [1.807, 2.05) is 6.07 Å². The molecule has 0 radical (unpaired) electrons. The average molecular weight is 316 g/mol. The van der Waals surface area contributed by atoms with Crippen LogP contribution in [-0.4, -0.2) is 39.4 Å². The SMILES string of the molecule is CCNCCc1ccc(S(=O)(=O)N(C)CC2CCC2)s1. The van der Waals surface area contributed by atoms with Crippen LogP contribution in [0.15, 0.2) is 16.3 Å². The minimum absolute atomic E-state index is 0.478. The molecule has 0 aliphatic heterocycles. The number of sulfonamides is 1. The number of thiophene rings is 1. The smallest absolute Gasteiger partial charge is 0.252 e. The fourth-order valence-electron chi connectivity index (χ4n) is 2.31. The van der Waals surface area contributed by atoms with Crippen LogP contribution in [0.25, 0.3) is 0 Å². The lowest BCUT2D eigenvalue weighted by Gasteiger charge is -2.29. The highest BCUT2D eigenvalue weighted by Crippen LogP contribution is 2.30. The Morgan fingerprint density at radius 1 is 1.40 bits per heavy atom. The summed E-state index contributed by atoms with van der Waals surface area (Å²) >= 11 is 1.40. The van der Waals surface area contributed by atoms with E-state index in [2.05, 4.69) is 12.2 Å². The predicted octanol–water partition coefficient (Wildman–Crippen LogP) is 2.32. The summed E-state index contributed by atoms with van der Waals surface area (Å²) in [5, 5.41) is 3.26. The van der Waals surface area contributed by atoms with Gasteiger partial charge >= 0.3 is 0 Å². The van der Waals surface area contributed by atoms with Crippen molar-refractivity contribution < 1.29 is 8.42 Å². The Labute approximate surface area is 126 Å². The van der Waals surface area contributed by atoms with Crippen molar-refractivity contribution in [1.82, 2.24) is 9.62 Å². The molecule has 1 aliphatic rings. The molecule has 0 amide bonds. The number of likely N-dealkylation sites (N-methyl/N-ethyl adjacent to an activating group) is 1. The molecule has 2 rings (SSSR count). The number of nitrogens with one attached hydrogen (secondary N) is 1. The van der Waals surface area contributed by atoms with Crippen LogP contribution in [0.4, 0.5) is 0 Å². The summed E-state index contributed by atoms with van der Waals surface area (Å²) in [4.78, 5) is 1.13. The summed E-state index contributed by atoms with van der Waals surface area (Å²) in [5.74, 6) is 0.558. The van der Waals surface area contributed by atoms with Crippen molar-refractivity contribution in [2.75, 3.05) is 26.7 Å². The summed E-state index contributed by atoms with van der Waals surface area (Å²) < 4.78 is 26.9. The van der Waals surface area contributed by atoms with Gasteiger partial charge in [-0.05, 0) is 50.4 Å². The maximum atomic E-state index is 12.5. The third-order valence-electron chi connectivity index (χ3n) is 3.84. The van der Waals surface area contributed by atoms with Gasteiger partial charge in [0.1, 0.15) is 4.21 Å². The first-order valence-electron chi connectivity index (χ1n) is 7.29. The largest absolute Gasteiger partial charge is 0.317 e. The van der Waals surface area contributed by atoms with Crippen molar-refractivity contribution in [1.29, 1.82) is 0 Å². The van der Waals surface area contributed by atoms with Gasteiger partial charge in [0, 0.05) is 18.5 Å². The highest BCUT2D eigenvalue weighted by molar-refractivity contribution is 7.91. The van der Waals surface area contributed by atoms with Crippen LogP contribution in [0, 0.1) is 5.92 Å². The van der Waals surface area contributed by atoms with Gasteiger partial charge in [0.2, 0.25) is 0 Å². The van der Waals surface area contributed by atoms with E-state index >= 15 is 0 Å². The van der Waals surface area contributed by atoms with Crippen LogP contribution in [0.2, 0.25) is 0 Å². The fourth-order valence-corrected chi connectivity index (χ4v) is 5.12. The third-order valence-corrected chi connectivity index (χ3v) is 7.28. The van der Waals surface area contributed by atoms with Crippen LogP contribution in [0.5, 0.6) is 0 Å². The van der Waals surface area contributed by atoms with E-state index in [9.17, 15) is 8.42 Å². The maximum absolute atomic E-state index is 12.5. The maximum Gasteiger partial charge on any atom is 0.252 e. The number of nitrogens with zero attached hydrogens (tertiary/aromatic N) is 1. The molecule has 0 aromatic carbocycles. The van der Waals surface area contributed by atoms with Crippen LogP contribution in [0.3, 0.4) is 0 Å². The van der Waals surface area contributed by atoms with E-state index < -0.39 is 10.0 Å². The van der Waals surface area contributed by atoms with Gasteiger partial charge in [-0.15, -0.1) is 11.3 Å². The van der Waals surface area contributed by atoms with E-state index in [1.54, 1.807) is 13.1 Å². The molecular formula is C14H24N2O2S2. The fraction of sp³-hybridized carbons (Fsp3) is 0.714. The molecule has 1 saturated carbocycles. The number of hydrogen-bond donors (Lipinski definition) is 1. The minimum atomic E-state index is -3.29. The van der Waals surface area contributed by atoms with Gasteiger partial charge in [-0.3, -0.25) is 0 Å². The Hall–Kier alpha value is -0.430. The van der Waals surface area contributed by atoms with Crippen molar-refractivity contribution in [3.8, 4) is 0 Å². The second-order valence-corrected chi connectivity index (χ2v) is 8.85. The topological polar surface area (TPSA) is 49.4 Å². The summed E-state index contributed by atoms with van der Waals surface area (Å²) in [5.41, 5.74) is 0. The van der Waals surface area contributed by atoms with Crippen LogP contribution < -0.4 is 5.32 Å². The van der Waals surface area contributed by atoms with Gasteiger partial charge in [-0.25, -0.2) is 8.42 Å². The van der Waals surface area contributed by atoms with Gasteiger partial charge in [-0.1, -0.05) is 13.3 Å². The second kappa shape index (κ2) is 7.02. The Bertz CT molecular complexity index is 521. The summed E-state index contributed by atoms with van der Waals surface area (Å²) in [7, 11) is -1.59. The van der Waals surface area contributed by atoms with Gasteiger partial charge in [0.15, 0.2) is 0 Å². The van der Waals surface area contributed by atoms with Gasteiger partial charge in [-0.2, -0.15) is 4.31 Å². The lowest BCUT2D eigenvalue weighted by atomic mass is 9.86. The summed E-state index contributed by atoms with van der Waals surface area (Å²) in [6.07, 6.45) is 4.46. The van der Waals surface area contributed by atoms with Gasteiger partial charge in [0.25, 0.3) is 10.0 Å². The standard InChI is InChI=1S/C14H24N2O2S2/c1-3-15-10-9-13-7-8-14(19-13)20(17,18)16(2)11-12-5-4-6-12/h7-8,12,15H,3-6,9-11H2,1-2H3. The monoisotopic (exact) mass is 316 g/mol. The molecule has 1 aromatic rings. The van der Waals surface area contributed by atoms with Crippen molar-refractivity contribution in [2.24, 2.45) is 5.92 Å². The van der Waals surface area contributed by atoms with E-state index in [0.29, 0.717) is 16.7 Å². The van der Waals surface area contributed by atoms with Crippen molar-refractivity contribution in [3.63, 3.8) is 0 Å². The average Bonchev–Trinajstić information content (AvgIpc) is 2.83. The zero-order chi connectivity index (χ0) is 14.6. The number of rotatable bonds is 8. The van der Waals surface area contributed by atoms with Crippen LogP contribution in [0.1, 0.15) is 31.1 Å². The van der Waals surface area contributed by atoms with Gasteiger partial charge < -0.3 is 5.32 Å². The zero-order valence-corrected chi connectivity index (χ0v) is 13.9. The van der Waals surface area contributed by atoms with E-state index in [1.165, 1.54) is 22.1 Å². The molecule has 0 atom stereocenters. The molecule has 6 heteroatoms. The van der Waals surface area contributed by atoms with Crippen LogP contribution in [-0.2, 0) is 16.4 Å². The molecule has 4 nitrogen and oxygen atoms in total. The zero-order valence-electron chi connectivity index (χ0n) is 12.3. The molecule has 1 N–H and O–H groups in total. The normalized spacial score (nSPS) is 16.6.